The first-order valence-corrected chi connectivity index (χ1v) is 7.72. The Morgan fingerprint density at radius 1 is 1.35 bits per heavy atom. The van der Waals surface area contributed by atoms with Crippen molar-refractivity contribution in [1.29, 1.82) is 0 Å². The van der Waals surface area contributed by atoms with Crippen molar-refractivity contribution in [2.75, 3.05) is 19.6 Å². The molecule has 0 saturated carbocycles. The number of aromatic nitrogens is 1. The smallest absolute Gasteiger partial charge is 0.0548 e. The van der Waals surface area contributed by atoms with Gasteiger partial charge in [-0.25, -0.2) is 0 Å². The normalized spacial score (nSPS) is 10.4. The summed E-state index contributed by atoms with van der Waals surface area (Å²) in [7, 11) is 0. The maximum absolute atomic E-state index is 5.44. The molecule has 1 aromatic rings. The number of nitrogens with two attached hydrogens (primary N) is 1. The summed E-state index contributed by atoms with van der Waals surface area (Å²) >= 11 is 0. The van der Waals surface area contributed by atoms with Crippen LogP contribution in [0.15, 0.2) is 23.3 Å². The van der Waals surface area contributed by atoms with Gasteiger partial charge in [0.1, 0.15) is 0 Å². The molecular weight excluding hydrogens is 248 g/mol. The van der Waals surface area contributed by atoms with E-state index in [0.717, 1.165) is 56.7 Å². The molecule has 4 nitrogen and oxygen atoms in total. The van der Waals surface area contributed by atoms with Gasteiger partial charge < -0.3 is 11.1 Å². The van der Waals surface area contributed by atoms with Crippen LogP contribution < -0.4 is 11.1 Å². The average molecular weight is 278 g/mol. The average Bonchev–Trinajstić information content (AvgIpc) is 2.50. The number of hydrogen-bond donors (Lipinski definition) is 2. The van der Waals surface area contributed by atoms with Gasteiger partial charge in [0.05, 0.1) is 5.69 Å². The zero-order valence-electron chi connectivity index (χ0n) is 13.2. The largest absolute Gasteiger partial charge is 0.330 e. The van der Waals surface area contributed by atoms with E-state index in [1.807, 2.05) is 32.3 Å². The molecule has 0 amide bonds. The fourth-order valence-corrected chi connectivity index (χ4v) is 1.58. The molecule has 20 heavy (non-hydrogen) atoms. The Morgan fingerprint density at radius 2 is 2.15 bits per heavy atom. The van der Waals surface area contributed by atoms with Crippen molar-refractivity contribution in [3.8, 4) is 0 Å². The number of nitrogens with zero attached hydrogens (tertiary/aromatic N) is 2. The topological polar surface area (TPSA) is 63.3 Å². The van der Waals surface area contributed by atoms with Gasteiger partial charge >= 0.3 is 0 Å². The molecule has 114 valence electrons. The first-order chi connectivity index (χ1) is 9.86. The van der Waals surface area contributed by atoms with E-state index in [9.17, 15) is 0 Å². The van der Waals surface area contributed by atoms with E-state index in [-0.39, 0.29) is 0 Å². The molecule has 1 aromatic heterocycles. The van der Waals surface area contributed by atoms with E-state index in [4.69, 9.17) is 5.73 Å². The van der Waals surface area contributed by atoms with E-state index < -0.39 is 0 Å². The van der Waals surface area contributed by atoms with Gasteiger partial charge in [-0.05, 0) is 50.0 Å². The Labute approximate surface area is 123 Å². The summed E-state index contributed by atoms with van der Waals surface area (Å²) in [6, 6.07) is 4.06. The summed E-state index contributed by atoms with van der Waals surface area (Å²) in [6.07, 6.45) is 7.03. The first kappa shape index (κ1) is 18.7. The Hall–Kier alpha value is -1.26. The zero-order chi connectivity index (χ0) is 15.1. The lowest BCUT2D eigenvalue weighted by Gasteiger charge is -2.04. The van der Waals surface area contributed by atoms with Gasteiger partial charge in [0.15, 0.2) is 0 Å². The number of pyridine rings is 1. The minimum Gasteiger partial charge on any atom is -0.330 e. The molecule has 1 heterocycles. The van der Waals surface area contributed by atoms with Crippen molar-refractivity contribution in [2.24, 2.45) is 10.7 Å². The third-order valence-electron chi connectivity index (χ3n) is 2.55. The number of hydrogen-bond acceptors (Lipinski definition) is 4. The molecule has 0 unspecified atom stereocenters. The Bertz CT molecular complexity index is 350. The highest BCUT2D eigenvalue weighted by atomic mass is 14.9. The van der Waals surface area contributed by atoms with Crippen LogP contribution in [0.1, 0.15) is 51.3 Å². The third-order valence-corrected chi connectivity index (χ3v) is 2.55. The highest BCUT2D eigenvalue weighted by Gasteiger charge is 1.95. The van der Waals surface area contributed by atoms with Crippen LogP contribution in [0.4, 0.5) is 0 Å². The van der Waals surface area contributed by atoms with Gasteiger partial charge in [-0.2, -0.15) is 0 Å². The van der Waals surface area contributed by atoms with Gasteiger partial charge in [0, 0.05) is 25.5 Å². The van der Waals surface area contributed by atoms with Crippen LogP contribution in [0, 0.1) is 0 Å². The predicted octanol–water partition coefficient (Wildman–Crippen LogP) is 2.77. The maximum atomic E-state index is 5.44. The number of aliphatic imine (C=N–C) groups is 1. The van der Waals surface area contributed by atoms with Crippen molar-refractivity contribution in [3.05, 3.63) is 29.6 Å². The SMILES string of the molecule is CC.CCCN=Cc1ccnc(CNCCCCN)c1. The second-order valence-electron chi connectivity index (χ2n) is 4.29. The number of nitrogens with one attached hydrogen (secondary N) is 1. The summed E-state index contributed by atoms with van der Waals surface area (Å²) in [5, 5.41) is 3.37. The van der Waals surface area contributed by atoms with Crippen LogP contribution in [0.25, 0.3) is 0 Å². The maximum Gasteiger partial charge on any atom is 0.0548 e. The lowest BCUT2D eigenvalue weighted by Crippen LogP contribution is -2.16. The van der Waals surface area contributed by atoms with Crippen LogP contribution in [-0.2, 0) is 6.54 Å². The van der Waals surface area contributed by atoms with Crippen molar-refractivity contribution < 1.29 is 0 Å². The molecule has 0 atom stereocenters. The summed E-state index contributed by atoms with van der Waals surface area (Å²) in [5.74, 6) is 0. The molecule has 0 radical (unpaired) electrons. The van der Waals surface area contributed by atoms with Gasteiger partial charge in [0.2, 0.25) is 0 Å². The Kier molecular flexibility index (Phi) is 13.3. The molecule has 0 fully saturated rings. The van der Waals surface area contributed by atoms with E-state index in [1.165, 1.54) is 0 Å². The minimum absolute atomic E-state index is 0.767. The van der Waals surface area contributed by atoms with E-state index in [2.05, 4.69) is 28.3 Å². The quantitative estimate of drug-likeness (QED) is 0.539. The van der Waals surface area contributed by atoms with Crippen LogP contribution >= 0.6 is 0 Å². The van der Waals surface area contributed by atoms with Gasteiger partial charge in [-0.15, -0.1) is 0 Å². The van der Waals surface area contributed by atoms with Crippen molar-refractivity contribution in [3.63, 3.8) is 0 Å². The molecule has 0 aliphatic heterocycles. The molecule has 0 bridgehead atoms. The highest BCUT2D eigenvalue weighted by molar-refractivity contribution is 5.79. The summed E-state index contributed by atoms with van der Waals surface area (Å²) in [5.41, 5.74) is 7.63. The Morgan fingerprint density at radius 3 is 2.85 bits per heavy atom. The molecule has 0 saturated heterocycles. The van der Waals surface area contributed by atoms with E-state index in [1.54, 1.807) is 0 Å². The monoisotopic (exact) mass is 278 g/mol. The molecule has 0 aliphatic carbocycles. The fraction of sp³-hybridized carbons (Fsp3) is 0.625. The lowest BCUT2D eigenvalue weighted by molar-refractivity contribution is 0.620. The number of unbranched alkanes of at least 4 members (excludes halogenated alkanes) is 1. The standard InChI is InChI=1S/C14H24N4.C2H6/c1-2-7-16-11-13-5-9-18-14(10-13)12-17-8-4-3-6-15;1-2/h5,9-11,17H,2-4,6-8,12,15H2,1H3;1-2H3. The van der Waals surface area contributed by atoms with Crippen LogP contribution in [0.2, 0.25) is 0 Å². The van der Waals surface area contributed by atoms with Crippen LogP contribution in [0.3, 0.4) is 0 Å². The van der Waals surface area contributed by atoms with Crippen molar-refractivity contribution in [2.45, 2.75) is 46.6 Å². The van der Waals surface area contributed by atoms with Gasteiger partial charge in [-0.1, -0.05) is 20.8 Å². The minimum atomic E-state index is 0.767. The molecule has 4 heteroatoms. The van der Waals surface area contributed by atoms with Crippen molar-refractivity contribution >= 4 is 6.21 Å². The summed E-state index contributed by atoms with van der Waals surface area (Å²) in [6.45, 7) is 9.58. The molecule has 0 aliphatic rings. The van der Waals surface area contributed by atoms with Crippen LogP contribution in [-0.4, -0.2) is 30.8 Å². The molecule has 3 N–H and O–H groups in total. The second kappa shape index (κ2) is 14.2. The molecule has 0 spiro atoms. The molecule has 1 rings (SSSR count). The predicted molar refractivity (Wildman–Crippen MR) is 88.3 cm³/mol. The van der Waals surface area contributed by atoms with E-state index in [0.29, 0.717) is 0 Å². The lowest BCUT2D eigenvalue weighted by atomic mass is 10.2. The molecule has 0 aromatic carbocycles. The van der Waals surface area contributed by atoms with Crippen LogP contribution in [0.5, 0.6) is 0 Å². The molecular formula is C16H30N4. The third kappa shape index (κ3) is 9.64. The summed E-state index contributed by atoms with van der Waals surface area (Å²) < 4.78 is 0. The Balaban J connectivity index is 0.00000172. The number of rotatable bonds is 9. The van der Waals surface area contributed by atoms with Gasteiger partial charge in [-0.3, -0.25) is 9.98 Å². The fourth-order valence-electron chi connectivity index (χ4n) is 1.58. The van der Waals surface area contributed by atoms with E-state index >= 15 is 0 Å². The highest BCUT2D eigenvalue weighted by Crippen LogP contribution is 1.99. The zero-order valence-corrected chi connectivity index (χ0v) is 13.2. The second-order valence-corrected chi connectivity index (χ2v) is 4.29. The summed E-state index contributed by atoms with van der Waals surface area (Å²) in [4.78, 5) is 8.67. The first-order valence-electron chi connectivity index (χ1n) is 7.72. The van der Waals surface area contributed by atoms with Crippen molar-refractivity contribution in [1.82, 2.24) is 10.3 Å². The van der Waals surface area contributed by atoms with Gasteiger partial charge in [0.25, 0.3) is 0 Å².